The highest BCUT2D eigenvalue weighted by Gasteiger charge is 2.17. The van der Waals surface area contributed by atoms with Crippen LogP contribution in [0.25, 0.3) is 0 Å². The maximum atomic E-state index is 4.44. The molecule has 1 rings (SSSR count). The zero-order valence-corrected chi connectivity index (χ0v) is 11.8. The van der Waals surface area contributed by atoms with Crippen molar-refractivity contribution in [3.63, 3.8) is 0 Å². The minimum atomic E-state index is 0.662. The van der Waals surface area contributed by atoms with Gasteiger partial charge in [-0.2, -0.15) is 12.6 Å². The molecular weight excluding hydrogens is 190 g/mol. The predicted molar refractivity (Wildman–Crippen MR) is 71.4 cm³/mol. The normalized spacial score (nSPS) is 18.0. The fourth-order valence-electron chi connectivity index (χ4n) is 1.40. The van der Waals surface area contributed by atoms with Gasteiger partial charge in [-0.05, 0) is 39.8 Å². The van der Waals surface area contributed by atoms with Gasteiger partial charge >= 0.3 is 0 Å². The van der Waals surface area contributed by atoms with Crippen LogP contribution in [-0.4, -0.2) is 29.3 Å². The molecule has 0 aromatic rings. The Kier molecular flexibility index (Phi) is 13.6. The molecule has 0 amide bonds. The van der Waals surface area contributed by atoms with E-state index >= 15 is 0 Å². The molecule has 0 N–H and O–H groups in total. The van der Waals surface area contributed by atoms with Crippen LogP contribution in [0.4, 0.5) is 0 Å². The van der Waals surface area contributed by atoms with Crippen LogP contribution in [0.2, 0.25) is 0 Å². The van der Waals surface area contributed by atoms with E-state index < -0.39 is 0 Å². The number of hydrogen-bond donors (Lipinski definition) is 1. The highest BCUT2D eigenvalue weighted by atomic mass is 32.1. The van der Waals surface area contributed by atoms with E-state index in [4.69, 9.17) is 0 Å². The van der Waals surface area contributed by atoms with Gasteiger partial charge in [0.25, 0.3) is 0 Å². The smallest absolute Gasteiger partial charge is 0.00411 e. The van der Waals surface area contributed by atoms with Crippen molar-refractivity contribution in [3.05, 3.63) is 0 Å². The van der Waals surface area contributed by atoms with E-state index in [1.54, 1.807) is 0 Å². The first-order chi connectivity index (χ1) is 6.70. The first-order valence-electron chi connectivity index (χ1n) is 6.12. The molecular formula is C12H29NS. The summed E-state index contributed by atoms with van der Waals surface area (Å²) in [7, 11) is 0. The lowest BCUT2D eigenvalue weighted by molar-refractivity contribution is 0.188. The summed E-state index contributed by atoms with van der Waals surface area (Å²) in [6, 6.07) is 0.723. The molecule has 1 aliphatic rings. The molecule has 2 heteroatoms. The summed E-state index contributed by atoms with van der Waals surface area (Å²) in [6.45, 7) is 15.0. The second-order valence-electron chi connectivity index (χ2n) is 3.36. The van der Waals surface area contributed by atoms with Crippen LogP contribution in [0.5, 0.6) is 0 Å². The monoisotopic (exact) mass is 219 g/mol. The Morgan fingerprint density at radius 1 is 1.00 bits per heavy atom. The average molecular weight is 219 g/mol. The number of rotatable bonds is 1. The van der Waals surface area contributed by atoms with Gasteiger partial charge in [0.15, 0.2) is 0 Å². The lowest BCUT2D eigenvalue weighted by Crippen LogP contribution is -2.38. The van der Waals surface area contributed by atoms with Crippen molar-refractivity contribution < 1.29 is 0 Å². The van der Waals surface area contributed by atoms with Crippen molar-refractivity contribution in [2.75, 3.05) is 13.1 Å². The molecule has 0 spiro atoms. The summed E-state index contributed by atoms with van der Waals surface area (Å²) in [4.78, 5) is 2.52. The highest BCUT2D eigenvalue weighted by molar-refractivity contribution is 7.80. The third-order valence-electron chi connectivity index (χ3n) is 2.23. The number of nitrogens with zero attached hydrogens (tertiary/aromatic N) is 1. The molecule has 0 aliphatic carbocycles. The first-order valence-corrected chi connectivity index (χ1v) is 6.64. The molecule has 1 nitrogen and oxygen atoms in total. The summed E-state index contributed by atoms with van der Waals surface area (Å²) in [5.74, 6) is 0. The van der Waals surface area contributed by atoms with E-state index in [2.05, 4.69) is 31.4 Å². The van der Waals surface area contributed by atoms with Crippen molar-refractivity contribution in [1.82, 2.24) is 4.90 Å². The van der Waals surface area contributed by atoms with E-state index in [0.29, 0.717) is 5.25 Å². The number of thiol groups is 1. The van der Waals surface area contributed by atoms with Gasteiger partial charge in [0.05, 0.1) is 0 Å². The van der Waals surface area contributed by atoms with Crippen molar-refractivity contribution in [2.24, 2.45) is 0 Å². The summed E-state index contributed by atoms with van der Waals surface area (Å²) in [6.07, 6.45) is 2.53. The van der Waals surface area contributed by atoms with Gasteiger partial charge in [0, 0.05) is 11.3 Å². The lowest BCUT2D eigenvalue weighted by Gasteiger charge is -2.32. The SMILES string of the molecule is CC.CC.CC(C)N1CCC(S)CC1. The molecule has 14 heavy (non-hydrogen) atoms. The molecule has 0 unspecified atom stereocenters. The summed E-state index contributed by atoms with van der Waals surface area (Å²) in [5.41, 5.74) is 0. The average Bonchev–Trinajstić information content (AvgIpc) is 2.24. The van der Waals surface area contributed by atoms with Crippen LogP contribution in [0.3, 0.4) is 0 Å². The van der Waals surface area contributed by atoms with E-state index in [1.165, 1.54) is 25.9 Å². The largest absolute Gasteiger partial charge is 0.301 e. The Labute approximate surface area is 96.7 Å². The molecule has 1 saturated heterocycles. The molecule has 0 bridgehead atoms. The van der Waals surface area contributed by atoms with Crippen LogP contribution in [0.15, 0.2) is 0 Å². The second-order valence-corrected chi connectivity index (χ2v) is 4.09. The summed E-state index contributed by atoms with van der Waals surface area (Å²) >= 11 is 4.44. The van der Waals surface area contributed by atoms with Crippen molar-refractivity contribution in [2.45, 2.75) is 65.7 Å². The summed E-state index contributed by atoms with van der Waals surface area (Å²) in [5, 5.41) is 0.662. The molecule has 0 atom stereocenters. The van der Waals surface area contributed by atoms with Crippen LogP contribution in [-0.2, 0) is 0 Å². The zero-order valence-electron chi connectivity index (χ0n) is 10.9. The maximum absolute atomic E-state index is 4.44. The Bertz CT molecular complexity index is 96.5. The van der Waals surface area contributed by atoms with Gasteiger partial charge < -0.3 is 4.90 Å². The minimum absolute atomic E-state index is 0.662. The number of piperidine rings is 1. The fourth-order valence-corrected chi connectivity index (χ4v) is 1.63. The van der Waals surface area contributed by atoms with Gasteiger partial charge in [-0.15, -0.1) is 0 Å². The number of hydrogen-bond acceptors (Lipinski definition) is 2. The van der Waals surface area contributed by atoms with Gasteiger partial charge in [0.1, 0.15) is 0 Å². The van der Waals surface area contributed by atoms with Crippen molar-refractivity contribution in [3.8, 4) is 0 Å². The van der Waals surface area contributed by atoms with E-state index in [-0.39, 0.29) is 0 Å². The topological polar surface area (TPSA) is 3.24 Å². The predicted octanol–water partition coefficient (Wildman–Crippen LogP) is 3.84. The minimum Gasteiger partial charge on any atom is -0.301 e. The fraction of sp³-hybridized carbons (Fsp3) is 1.00. The van der Waals surface area contributed by atoms with Crippen LogP contribution >= 0.6 is 12.6 Å². The van der Waals surface area contributed by atoms with E-state index in [1.807, 2.05) is 27.7 Å². The Morgan fingerprint density at radius 2 is 1.36 bits per heavy atom. The zero-order chi connectivity index (χ0) is 11.6. The van der Waals surface area contributed by atoms with E-state index in [0.717, 1.165) is 6.04 Å². The van der Waals surface area contributed by atoms with Gasteiger partial charge in [-0.1, -0.05) is 27.7 Å². The highest BCUT2D eigenvalue weighted by Crippen LogP contribution is 2.16. The standard InChI is InChI=1S/C8H17NS.2C2H6/c1-7(2)9-5-3-8(10)4-6-9;2*1-2/h7-8,10H,3-6H2,1-2H3;2*1-2H3. The third-order valence-corrected chi connectivity index (χ3v) is 2.75. The molecule has 88 valence electrons. The second kappa shape index (κ2) is 11.4. The molecule has 1 fully saturated rings. The quantitative estimate of drug-likeness (QED) is 0.656. The van der Waals surface area contributed by atoms with Gasteiger partial charge in [-0.25, -0.2) is 0 Å². The van der Waals surface area contributed by atoms with Crippen molar-refractivity contribution >= 4 is 12.6 Å². The lowest BCUT2D eigenvalue weighted by atomic mass is 10.1. The Balaban J connectivity index is 0. The van der Waals surface area contributed by atoms with Crippen LogP contribution < -0.4 is 0 Å². The van der Waals surface area contributed by atoms with Gasteiger partial charge in [-0.3, -0.25) is 0 Å². The first kappa shape index (κ1) is 16.7. The molecule has 0 aromatic carbocycles. The molecule has 1 heterocycles. The third kappa shape index (κ3) is 7.69. The molecule has 0 radical (unpaired) electrons. The molecule has 0 saturated carbocycles. The molecule has 0 aromatic heterocycles. The molecule has 1 aliphatic heterocycles. The van der Waals surface area contributed by atoms with Crippen molar-refractivity contribution in [1.29, 1.82) is 0 Å². The Morgan fingerprint density at radius 3 is 1.64 bits per heavy atom. The van der Waals surface area contributed by atoms with E-state index in [9.17, 15) is 0 Å². The van der Waals surface area contributed by atoms with Crippen LogP contribution in [0, 0.1) is 0 Å². The Hall–Kier alpha value is 0.310. The number of likely N-dealkylation sites (tertiary alicyclic amines) is 1. The van der Waals surface area contributed by atoms with Gasteiger partial charge in [0.2, 0.25) is 0 Å². The van der Waals surface area contributed by atoms with Crippen LogP contribution in [0.1, 0.15) is 54.4 Å². The maximum Gasteiger partial charge on any atom is 0.00411 e. The summed E-state index contributed by atoms with van der Waals surface area (Å²) < 4.78 is 0.